The van der Waals surface area contributed by atoms with Gasteiger partial charge in [0, 0.05) is 33.0 Å². The lowest BCUT2D eigenvalue weighted by atomic mass is 10.1. The van der Waals surface area contributed by atoms with Crippen LogP contribution in [0.15, 0.2) is 30.6 Å². The fraction of sp³-hybridized carbons (Fsp3) is 0.450. The van der Waals surface area contributed by atoms with E-state index in [9.17, 15) is 4.79 Å². The molecular weight excluding hydrogens is 360 g/mol. The summed E-state index contributed by atoms with van der Waals surface area (Å²) in [4.78, 5) is 25.5. The number of hydrogen-bond donors (Lipinski definition) is 0. The van der Waals surface area contributed by atoms with Gasteiger partial charge in [0.05, 0.1) is 12.1 Å². The molecule has 2 aromatic rings. The lowest BCUT2D eigenvalue weighted by Crippen LogP contribution is -2.44. The van der Waals surface area contributed by atoms with Gasteiger partial charge >= 0.3 is 0 Å². The topological polar surface area (TPSA) is 77.0 Å². The van der Waals surface area contributed by atoms with Gasteiger partial charge in [-0.3, -0.25) is 4.79 Å². The van der Waals surface area contributed by atoms with E-state index in [1.807, 2.05) is 36.0 Å². The van der Waals surface area contributed by atoms with Crippen LogP contribution in [0.25, 0.3) is 0 Å². The number of carbonyl (C=O) groups is 1. The fourth-order valence-electron chi connectivity index (χ4n) is 3.50. The molecule has 8 nitrogen and oxygen atoms in total. The summed E-state index contributed by atoms with van der Waals surface area (Å²) >= 11 is 0. The Hall–Kier alpha value is -3.03. The lowest BCUT2D eigenvalue weighted by Gasteiger charge is -2.33. The number of fused-ring (bicyclic) bond motifs is 1. The number of carbonyl (C=O) groups excluding carboxylic acids is 1. The smallest absolute Gasteiger partial charge is 0.257 e. The van der Waals surface area contributed by atoms with Gasteiger partial charge in [0.15, 0.2) is 17.3 Å². The van der Waals surface area contributed by atoms with Crippen LogP contribution in [-0.2, 0) is 0 Å². The van der Waals surface area contributed by atoms with Gasteiger partial charge in [-0.05, 0) is 25.0 Å². The van der Waals surface area contributed by atoms with Crippen molar-refractivity contribution < 1.29 is 19.0 Å². The summed E-state index contributed by atoms with van der Waals surface area (Å²) in [6.45, 7) is 2.12. The molecular formula is C20H24N4O4. The highest BCUT2D eigenvalue weighted by molar-refractivity contribution is 5.98. The van der Waals surface area contributed by atoms with Crippen molar-refractivity contribution in [1.82, 2.24) is 14.9 Å². The van der Waals surface area contributed by atoms with Crippen LogP contribution in [0.1, 0.15) is 23.2 Å². The molecule has 148 valence electrons. The molecule has 1 fully saturated rings. The molecule has 0 N–H and O–H groups in total. The standard InChI is InChI=1S/C20H24N4O4/c1-23(2)18-19(22-9-8-21-18)28-14-5-4-10-24(13-14)20(25)15-6-3-7-16-17(15)27-12-11-26-16/h3,6-9,14H,4-5,10-13H2,1-2H3/t14-/m0/s1. The zero-order valence-electron chi connectivity index (χ0n) is 16.1. The molecule has 3 heterocycles. The Bertz CT molecular complexity index is 858. The Balaban J connectivity index is 1.50. The van der Waals surface area contributed by atoms with E-state index >= 15 is 0 Å². The molecule has 2 aliphatic heterocycles. The van der Waals surface area contributed by atoms with Crippen LogP contribution in [0.5, 0.6) is 17.4 Å². The minimum absolute atomic E-state index is 0.0670. The van der Waals surface area contributed by atoms with E-state index in [1.165, 1.54) is 0 Å². The average molecular weight is 384 g/mol. The minimum Gasteiger partial charge on any atom is -0.486 e. The first-order valence-corrected chi connectivity index (χ1v) is 9.46. The summed E-state index contributed by atoms with van der Waals surface area (Å²) in [6, 6.07) is 5.43. The summed E-state index contributed by atoms with van der Waals surface area (Å²) in [5.41, 5.74) is 0.534. The SMILES string of the molecule is CN(C)c1nccnc1O[C@H]1CCCN(C(=O)c2cccc3c2OCCO3)C1. The number of piperidine rings is 1. The number of nitrogens with zero attached hydrogens (tertiary/aromatic N) is 4. The second-order valence-corrected chi connectivity index (χ2v) is 7.04. The normalized spacial score (nSPS) is 18.5. The number of aromatic nitrogens is 2. The molecule has 1 amide bonds. The first kappa shape index (κ1) is 18.3. The van der Waals surface area contributed by atoms with Gasteiger partial charge in [-0.15, -0.1) is 0 Å². The maximum atomic E-state index is 13.1. The van der Waals surface area contributed by atoms with Gasteiger partial charge < -0.3 is 24.0 Å². The van der Waals surface area contributed by atoms with Crippen LogP contribution in [-0.4, -0.2) is 67.3 Å². The molecule has 1 aromatic carbocycles. The second-order valence-electron chi connectivity index (χ2n) is 7.04. The van der Waals surface area contributed by atoms with Crippen molar-refractivity contribution in [3.05, 3.63) is 36.2 Å². The Labute approximate surface area is 164 Å². The van der Waals surface area contributed by atoms with Gasteiger partial charge in [-0.2, -0.15) is 0 Å². The second kappa shape index (κ2) is 7.92. The third-order valence-electron chi connectivity index (χ3n) is 4.81. The summed E-state index contributed by atoms with van der Waals surface area (Å²) in [6.07, 6.45) is 4.84. The number of ether oxygens (including phenoxy) is 3. The molecule has 1 aromatic heterocycles. The van der Waals surface area contributed by atoms with E-state index in [0.717, 1.165) is 12.8 Å². The number of benzene rings is 1. The van der Waals surface area contributed by atoms with Gasteiger partial charge in [-0.1, -0.05) is 6.07 Å². The molecule has 0 unspecified atom stereocenters. The van der Waals surface area contributed by atoms with Gasteiger partial charge in [0.25, 0.3) is 11.8 Å². The van der Waals surface area contributed by atoms with Gasteiger partial charge in [-0.25, -0.2) is 9.97 Å². The highest BCUT2D eigenvalue weighted by Crippen LogP contribution is 2.35. The number of hydrogen-bond acceptors (Lipinski definition) is 7. The first-order valence-electron chi connectivity index (χ1n) is 9.46. The summed E-state index contributed by atoms with van der Waals surface area (Å²) in [5.74, 6) is 2.25. The Morgan fingerprint density at radius 1 is 1.21 bits per heavy atom. The summed E-state index contributed by atoms with van der Waals surface area (Å²) in [7, 11) is 3.79. The molecule has 1 atom stereocenters. The van der Waals surface area contributed by atoms with Crippen molar-refractivity contribution in [2.75, 3.05) is 45.3 Å². The van der Waals surface area contributed by atoms with Crippen molar-refractivity contribution in [1.29, 1.82) is 0 Å². The molecule has 1 saturated heterocycles. The van der Waals surface area contributed by atoms with E-state index in [4.69, 9.17) is 14.2 Å². The average Bonchev–Trinajstić information content (AvgIpc) is 2.73. The molecule has 4 rings (SSSR count). The maximum Gasteiger partial charge on any atom is 0.257 e. The number of likely N-dealkylation sites (tertiary alicyclic amines) is 1. The molecule has 8 heteroatoms. The predicted octanol–water partition coefficient (Wildman–Crippen LogP) is 2.00. The Morgan fingerprint density at radius 3 is 2.89 bits per heavy atom. The molecule has 0 aliphatic carbocycles. The molecule has 2 aliphatic rings. The van der Waals surface area contributed by atoms with Crippen LogP contribution in [0.4, 0.5) is 5.82 Å². The molecule has 0 spiro atoms. The fourth-order valence-corrected chi connectivity index (χ4v) is 3.50. The monoisotopic (exact) mass is 384 g/mol. The molecule has 0 saturated carbocycles. The van der Waals surface area contributed by atoms with Crippen molar-refractivity contribution in [2.45, 2.75) is 18.9 Å². The van der Waals surface area contributed by atoms with E-state index < -0.39 is 0 Å². The van der Waals surface area contributed by atoms with Crippen molar-refractivity contribution >= 4 is 11.7 Å². The summed E-state index contributed by atoms with van der Waals surface area (Å²) < 4.78 is 17.4. The Morgan fingerprint density at radius 2 is 2.04 bits per heavy atom. The highest BCUT2D eigenvalue weighted by Gasteiger charge is 2.30. The van der Waals surface area contributed by atoms with Crippen LogP contribution < -0.4 is 19.1 Å². The third-order valence-corrected chi connectivity index (χ3v) is 4.81. The van der Waals surface area contributed by atoms with Gasteiger partial charge in [0.1, 0.15) is 19.3 Å². The minimum atomic E-state index is -0.134. The van der Waals surface area contributed by atoms with E-state index in [0.29, 0.717) is 55.1 Å². The maximum absolute atomic E-state index is 13.1. The van der Waals surface area contributed by atoms with Crippen molar-refractivity contribution in [2.24, 2.45) is 0 Å². The molecule has 0 radical (unpaired) electrons. The number of para-hydroxylation sites is 1. The third kappa shape index (κ3) is 3.67. The van der Waals surface area contributed by atoms with E-state index in [1.54, 1.807) is 18.5 Å². The van der Waals surface area contributed by atoms with Crippen molar-refractivity contribution in [3.63, 3.8) is 0 Å². The quantitative estimate of drug-likeness (QED) is 0.798. The highest BCUT2D eigenvalue weighted by atomic mass is 16.6. The molecule has 0 bridgehead atoms. The summed E-state index contributed by atoms with van der Waals surface area (Å²) in [5, 5.41) is 0. The van der Waals surface area contributed by atoms with Crippen LogP contribution in [0.3, 0.4) is 0 Å². The zero-order valence-corrected chi connectivity index (χ0v) is 16.1. The first-order chi connectivity index (χ1) is 13.6. The van der Waals surface area contributed by atoms with E-state index in [2.05, 4.69) is 9.97 Å². The van der Waals surface area contributed by atoms with Crippen LogP contribution in [0.2, 0.25) is 0 Å². The van der Waals surface area contributed by atoms with Crippen LogP contribution in [0, 0.1) is 0 Å². The number of anilines is 1. The lowest BCUT2D eigenvalue weighted by molar-refractivity contribution is 0.0520. The Kier molecular flexibility index (Phi) is 5.18. The largest absolute Gasteiger partial charge is 0.486 e. The van der Waals surface area contributed by atoms with Crippen molar-refractivity contribution in [3.8, 4) is 17.4 Å². The number of amides is 1. The predicted molar refractivity (Wildman–Crippen MR) is 103 cm³/mol. The number of rotatable bonds is 4. The van der Waals surface area contributed by atoms with Crippen LogP contribution >= 0.6 is 0 Å². The molecule has 28 heavy (non-hydrogen) atoms. The van der Waals surface area contributed by atoms with Gasteiger partial charge in [0.2, 0.25) is 0 Å². The zero-order chi connectivity index (χ0) is 19.5. The van der Waals surface area contributed by atoms with E-state index in [-0.39, 0.29) is 12.0 Å².